The topological polar surface area (TPSA) is 105 Å². The van der Waals surface area contributed by atoms with Crippen molar-refractivity contribution in [2.24, 2.45) is 0 Å². The van der Waals surface area contributed by atoms with Gasteiger partial charge >= 0.3 is 0 Å². The number of benzene rings is 2. The molecular weight excluding hydrogens is 565 g/mol. The first kappa shape index (κ1) is 30.8. The molecule has 39 heavy (non-hydrogen) atoms. The molecule has 0 aliphatic carbocycles. The summed E-state index contributed by atoms with van der Waals surface area (Å²) in [5.41, 5.74) is 1.15. The molecule has 1 aliphatic rings. The van der Waals surface area contributed by atoms with E-state index in [1.54, 1.807) is 36.4 Å². The number of hydrogen-bond acceptors (Lipinski definition) is 6. The SMILES string of the molecule is CC[C@H](C)NC(=O)[C@H](CC)N(Cc1ccc(Cl)c(Cl)c1)C(=O)CCCN(c1ccc2c(c1)OCO2)S(C)(=O)=O. The van der Waals surface area contributed by atoms with E-state index < -0.39 is 16.1 Å². The second kappa shape index (κ2) is 13.6. The van der Waals surface area contributed by atoms with Crippen molar-refractivity contribution in [1.29, 1.82) is 0 Å². The highest BCUT2D eigenvalue weighted by atomic mass is 35.5. The molecule has 12 heteroatoms. The number of nitrogens with zero attached hydrogens (tertiary/aromatic N) is 2. The summed E-state index contributed by atoms with van der Waals surface area (Å²) < 4.78 is 37.1. The van der Waals surface area contributed by atoms with Gasteiger partial charge in [-0.15, -0.1) is 0 Å². The van der Waals surface area contributed by atoms with Gasteiger partial charge in [-0.3, -0.25) is 13.9 Å². The number of hydrogen-bond donors (Lipinski definition) is 1. The highest BCUT2D eigenvalue weighted by Gasteiger charge is 2.30. The van der Waals surface area contributed by atoms with Gasteiger partial charge in [0.25, 0.3) is 0 Å². The molecule has 2 aromatic carbocycles. The second-order valence-corrected chi connectivity index (χ2v) is 12.2. The van der Waals surface area contributed by atoms with Crippen LogP contribution in [-0.4, -0.2) is 56.8 Å². The lowest BCUT2D eigenvalue weighted by molar-refractivity contribution is -0.141. The van der Waals surface area contributed by atoms with E-state index in [1.165, 1.54) is 9.21 Å². The molecule has 0 bridgehead atoms. The smallest absolute Gasteiger partial charge is 0.243 e. The van der Waals surface area contributed by atoms with E-state index in [-0.39, 0.29) is 50.6 Å². The number of nitrogens with one attached hydrogen (secondary N) is 1. The van der Waals surface area contributed by atoms with Gasteiger partial charge in [-0.1, -0.05) is 43.1 Å². The lowest BCUT2D eigenvalue weighted by Gasteiger charge is -2.32. The monoisotopic (exact) mass is 599 g/mol. The fourth-order valence-corrected chi connectivity index (χ4v) is 5.52. The highest BCUT2D eigenvalue weighted by Crippen LogP contribution is 2.36. The Morgan fingerprint density at radius 1 is 1.03 bits per heavy atom. The van der Waals surface area contributed by atoms with Crippen molar-refractivity contribution < 1.29 is 27.5 Å². The number of halogens is 2. The van der Waals surface area contributed by atoms with Crippen LogP contribution in [-0.2, 0) is 26.2 Å². The van der Waals surface area contributed by atoms with Crippen LogP contribution in [0.2, 0.25) is 10.0 Å². The van der Waals surface area contributed by atoms with Crippen LogP contribution >= 0.6 is 23.2 Å². The molecule has 0 saturated heterocycles. The van der Waals surface area contributed by atoms with Crippen LogP contribution in [0.5, 0.6) is 11.5 Å². The summed E-state index contributed by atoms with van der Waals surface area (Å²) in [5, 5.41) is 3.71. The Morgan fingerprint density at radius 3 is 2.38 bits per heavy atom. The van der Waals surface area contributed by atoms with Crippen LogP contribution in [0, 0.1) is 0 Å². The molecule has 2 aromatic rings. The predicted molar refractivity (Wildman–Crippen MR) is 153 cm³/mol. The number of anilines is 1. The van der Waals surface area contributed by atoms with Crippen LogP contribution < -0.4 is 19.1 Å². The van der Waals surface area contributed by atoms with E-state index in [9.17, 15) is 18.0 Å². The second-order valence-electron chi connectivity index (χ2n) is 9.49. The van der Waals surface area contributed by atoms with Crippen molar-refractivity contribution >= 4 is 50.7 Å². The summed E-state index contributed by atoms with van der Waals surface area (Å²) in [6, 6.07) is 9.24. The number of amides is 2. The zero-order valence-corrected chi connectivity index (χ0v) is 24.9. The van der Waals surface area contributed by atoms with Crippen LogP contribution in [0.3, 0.4) is 0 Å². The summed E-state index contributed by atoms with van der Waals surface area (Å²) in [4.78, 5) is 28.2. The van der Waals surface area contributed by atoms with Crippen molar-refractivity contribution in [2.75, 3.05) is 23.9 Å². The van der Waals surface area contributed by atoms with Crippen LogP contribution in [0.4, 0.5) is 5.69 Å². The zero-order valence-electron chi connectivity index (χ0n) is 22.6. The Labute approximate surface area is 240 Å². The van der Waals surface area contributed by atoms with E-state index in [2.05, 4.69) is 5.32 Å². The van der Waals surface area contributed by atoms with Gasteiger partial charge in [0.05, 0.1) is 22.0 Å². The van der Waals surface area contributed by atoms with Crippen molar-refractivity contribution in [1.82, 2.24) is 10.2 Å². The largest absolute Gasteiger partial charge is 0.454 e. The fourth-order valence-electron chi connectivity index (χ4n) is 4.24. The average molecular weight is 601 g/mol. The van der Waals surface area contributed by atoms with Crippen molar-refractivity contribution in [3.05, 3.63) is 52.0 Å². The summed E-state index contributed by atoms with van der Waals surface area (Å²) >= 11 is 12.3. The predicted octanol–water partition coefficient (Wildman–Crippen LogP) is 4.99. The number of carbonyl (C=O) groups is 2. The van der Waals surface area contributed by atoms with Crippen molar-refractivity contribution in [3.63, 3.8) is 0 Å². The third kappa shape index (κ3) is 8.16. The van der Waals surface area contributed by atoms with Gasteiger partial charge in [-0.25, -0.2) is 8.42 Å². The maximum absolute atomic E-state index is 13.6. The first-order chi connectivity index (χ1) is 18.4. The van der Waals surface area contributed by atoms with Crippen LogP contribution in [0.15, 0.2) is 36.4 Å². The molecule has 1 aliphatic heterocycles. The standard InChI is InChI=1S/C27H35Cl2N3O6S/c1-5-18(3)30-27(34)23(6-2)31(16-19-9-11-21(28)22(29)14-19)26(33)8-7-13-32(39(4,35)36)20-10-12-24-25(15-20)38-17-37-24/h9-12,14-15,18,23H,5-8,13,16-17H2,1-4H3,(H,30,34)/t18-,23-/m0/s1. The minimum atomic E-state index is -3.64. The van der Waals surface area contributed by atoms with E-state index >= 15 is 0 Å². The molecule has 1 N–H and O–H groups in total. The van der Waals surface area contributed by atoms with Crippen molar-refractivity contribution in [3.8, 4) is 11.5 Å². The Balaban J connectivity index is 1.78. The Morgan fingerprint density at radius 2 is 1.74 bits per heavy atom. The first-order valence-corrected chi connectivity index (χ1v) is 15.5. The highest BCUT2D eigenvalue weighted by molar-refractivity contribution is 7.92. The summed E-state index contributed by atoms with van der Waals surface area (Å²) in [7, 11) is -3.64. The van der Waals surface area contributed by atoms with Crippen LogP contribution in [0.25, 0.3) is 0 Å². The molecule has 0 unspecified atom stereocenters. The third-order valence-electron chi connectivity index (χ3n) is 6.52. The number of rotatable bonds is 13. The Kier molecular flexibility index (Phi) is 10.7. The van der Waals surface area contributed by atoms with Gasteiger partial charge in [0.15, 0.2) is 11.5 Å². The normalized spacial score (nSPS) is 14.0. The van der Waals surface area contributed by atoms with Gasteiger partial charge in [-0.2, -0.15) is 0 Å². The first-order valence-electron chi connectivity index (χ1n) is 12.9. The quantitative estimate of drug-likeness (QED) is 0.348. The van der Waals surface area contributed by atoms with E-state index in [1.807, 2.05) is 20.8 Å². The molecule has 0 fully saturated rings. The number of fused-ring (bicyclic) bond motifs is 1. The lowest BCUT2D eigenvalue weighted by Crippen LogP contribution is -2.50. The van der Waals surface area contributed by atoms with E-state index in [0.29, 0.717) is 33.7 Å². The van der Waals surface area contributed by atoms with Gasteiger partial charge in [0, 0.05) is 31.6 Å². The average Bonchev–Trinajstić information content (AvgIpc) is 3.35. The third-order valence-corrected chi connectivity index (χ3v) is 8.45. The maximum atomic E-state index is 13.6. The molecule has 0 radical (unpaired) electrons. The summed E-state index contributed by atoms with van der Waals surface area (Å²) in [5.74, 6) is 0.495. The summed E-state index contributed by atoms with van der Waals surface area (Å²) in [6.45, 7) is 6.02. The molecule has 0 saturated carbocycles. The Hall–Kier alpha value is -2.69. The Bertz CT molecular complexity index is 1290. The zero-order chi connectivity index (χ0) is 28.7. The molecule has 2 amide bonds. The number of sulfonamides is 1. The molecular formula is C27H35Cl2N3O6S. The van der Waals surface area contributed by atoms with Gasteiger partial charge < -0.3 is 19.7 Å². The molecule has 2 atom stereocenters. The molecule has 0 spiro atoms. The van der Waals surface area contributed by atoms with E-state index in [0.717, 1.165) is 18.2 Å². The number of carbonyl (C=O) groups excluding carboxylic acids is 2. The van der Waals surface area contributed by atoms with Gasteiger partial charge in [0.1, 0.15) is 6.04 Å². The maximum Gasteiger partial charge on any atom is 0.243 e. The van der Waals surface area contributed by atoms with Gasteiger partial charge in [0.2, 0.25) is 28.6 Å². The van der Waals surface area contributed by atoms with Crippen LogP contribution in [0.1, 0.15) is 52.0 Å². The fraction of sp³-hybridized carbons (Fsp3) is 0.481. The number of ether oxygens (including phenoxy) is 2. The molecule has 9 nitrogen and oxygen atoms in total. The lowest BCUT2D eigenvalue weighted by atomic mass is 10.1. The molecule has 214 valence electrons. The van der Waals surface area contributed by atoms with Gasteiger partial charge in [-0.05, 0) is 56.0 Å². The van der Waals surface area contributed by atoms with E-state index in [4.69, 9.17) is 32.7 Å². The minimum Gasteiger partial charge on any atom is -0.454 e. The molecule has 0 aromatic heterocycles. The molecule has 3 rings (SSSR count). The minimum absolute atomic E-state index is 0.0327. The molecule has 1 heterocycles. The van der Waals surface area contributed by atoms with Crippen molar-refractivity contribution in [2.45, 2.75) is 65.1 Å². The summed E-state index contributed by atoms with van der Waals surface area (Å²) in [6.07, 6.45) is 2.54.